The summed E-state index contributed by atoms with van der Waals surface area (Å²) in [5, 5.41) is 8.43. The van der Waals surface area contributed by atoms with Gasteiger partial charge in [0.25, 0.3) is 0 Å². The van der Waals surface area contributed by atoms with Crippen LogP contribution in [0.1, 0.15) is 13.3 Å². The summed E-state index contributed by atoms with van der Waals surface area (Å²) < 4.78 is 0. The zero-order valence-corrected chi connectivity index (χ0v) is 7.67. The number of hydrogen-bond donors (Lipinski definition) is 3. The van der Waals surface area contributed by atoms with E-state index in [9.17, 15) is 4.79 Å². The van der Waals surface area contributed by atoms with Crippen LogP contribution in [0, 0.1) is 0 Å². The number of nitrogens with zero attached hydrogens (tertiary/aromatic N) is 1. The molecule has 70 valence electrons. The Hall–Kier alpha value is -0.910. The summed E-state index contributed by atoms with van der Waals surface area (Å²) >= 11 is 1.40. The van der Waals surface area contributed by atoms with Crippen LogP contribution in [-0.4, -0.2) is 28.2 Å². The Morgan fingerprint density at radius 1 is 1.67 bits per heavy atom. The van der Waals surface area contributed by atoms with Gasteiger partial charge in [0, 0.05) is 5.25 Å². The van der Waals surface area contributed by atoms with Crippen molar-refractivity contribution < 1.29 is 9.90 Å². The summed E-state index contributed by atoms with van der Waals surface area (Å²) in [7, 11) is 0. The average molecular weight is 191 g/mol. The van der Waals surface area contributed by atoms with Gasteiger partial charge in [-0.05, 0) is 0 Å². The molecule has 0 amide bonds. The molecule has 0 bridgehead atoms. The van der Waals surface area contributed by atoms with Crippen molar-refractivity contribution in [2.75, 3.05) is 5.88 Å². The van der Waals surface area contributed by atoms with Crippen molar-refractivity contribution in [3.8, 4) is 0 Å². The highest BCUT2D eigenvalue weighted by Crippen LogP contribution is 2.13. The first-order valence-corrected chi connectivity index (χ1v) is 4.46. The third-order valence-electron chi connectivity index (χ3n) is 1.07. The molecule has 5 nitrogen and oxygen atoms in total. The van der Waals surface area contributed by atoms with Gasteiger partial charge >= 0.3 is 5.97 Å². The molecular formula is C6H13N3O2S. The van der Waals surface area contributed by atoms with Crippen molar-refractivity contribution in [3.63, 3.8) is 0 Å². The van der Waals surface area contributed by atoms with Crippen LogP contribution in [-0.2, 0) is 4.79 Å². The molecule has 1 unspecified atom stereocenters. The second-order valence-corrected chi connectivity index (χ2v) is 3.68. The normalized spacial score (nSPS) is 12.1. The van der Waals surface area contributed by atoms with E-state index in [-0.39, 0.29) is 17.6 Å². The van der Waals surface area contributed by atoms with Crippen LogP contribution in [0.15, 0.2) is 4.99 Å². The Balaban J connectivity index is 3.50. The lowest BCUT2D eigenvalue weighted by molar-refractivity contribution is -0.136. The van der Waals surface area contributed by atoms with Crippen LogP contribution in [0.25, 0.3) is 0 Å². The topological polar surface area (TPSA) is 102 Å². The van der Waals surface area contributed by atoms with Crippen LogP contribution in [0.5, 0.6) is 0 Å². The van der Waals surface area contributed by atoms with Crippen LogP contribution >= 0.6 is 11.8 Å². The molecule has 0 spiro atoms. The fourth-order valence-corrected chi connectivity index (χ4v) is 1.28. The molecule has 12 heavy (non-hydrogen) atoms. The Morgan fingerprint density at radius 2 is 2.25 bits per heavy atom. The first kappa shape index (κ1) is 11.1. The molecule has 0 saturated heterocycles. The lowest BCUT2D eigenvalue weighted by Gasteiger charge is -2.04. The van der Waals surface area contributed by atoms with Gasteiger partial charge in [-0.1, -0.05) is 6.92 Å². The highest BCUT2D eigenvalue weighted by atomic mass is 32.2. The Morgan fingerprint density at radius 3 is 2.67 bits per heavy atom. The zero-order chi connectivity index (χ0) is 9.56. The largest absolute Gasteiger partial charge is 0.481 e. The van der Waals surface area contributed by atoms with Crippen molar-refractivity contribution >= 4 is 23.7 Å². The van der Waals surface area contributed by atoms with E-state index >= 15 is 0 Å². The average Bonchev–Trinajstić information content (AvgIpc) is 1.84. The van der Waals surface area contributed by atoms with Crippen LogP contribution < -0.4 is 11.5 Å². The quantitative estimate of drug-likeness (QED) is 0.413. The molecule has 0 rings (SSSR count). The summed E-state index contributed by atoms with van der Waals surface area (Å²) in [6.07, 6.45) is 0.130. The summed E-state index contributed by atoms with van der Waals surface area (Å²) in [6, 6.07) is 0. The number of carbonyl (C=O) groups is 1. The van der Waals surface area contributed by atoms with Gasteiger partial charge in [0.15, 0.2) is 5.96 Å². The van der Waals surface area contributed by atoms with Gasteiger partial charge < -0.3 is 16.6 Å². The fraction of sp³-hybridized carbons (Fsp3) is 0.667. The van der Waals surface area contributed by atoms with Gasteiger partial charge in [-0.15, -0.1) is 11.8 Å². The van der Waals surface area contributed by atoms with Crippen LogP contribution in [0.4, 0.5) is 0 Å². The van der Waals surface area contributed by atoms with E-state index in [0.29, 0.717) is 5.88 Å². The van der Waals surface area contributed by atoms with Crippen molar-refractivity contribution in [1.82, 2.24) is 0 Å². The van der Waals surface area contributed by atoms with E-state index in [1.165, 1.54) is 11.8 Å². The minimum atomic E-state index is -0.806. The summed E-state index contributed by atoms with van der Waals surface area (Å²) in [5.74, 6) is -0.360. The van der Waals surface area contributed by atoms with Gasteiger partial charge in [-0.2, -0.15) is 0 Å². The third kappa shape index (κ3) is 7.20. The molecule has 6 heteroatoms. The van der Waals surface area contributed by atoms with E-state index < -0.39 is 5.97 Å². The zero-order valence-electron chi connectivity index (χ0n) is 6.86. The third-order valence-corrected chi connectivity index (χ3v) is 2.08. The van der Waals surface area contributed by atoms with Crippen LogP contribution in [0.3, 0.4) is 0 Å². The van der Waals surface area contributed by atoms with Crippen molar-refractivity contribution in [3.05, 3.63) is 0 Å². The van der Waals surface area contributed by atoms with E-state index in [4.69, 9.17) is 16.6 Å². The predicted molar refractivity (Wildman–Crippen MR) is 50.0 cm³/mol. The lowest BCUT2D eigenvalue weighted by Crippen LogP contribution is -2.22. The number of guanidine groups is 1. The molecule has 0 aromatic carbocycles. The van der Waals surface area contributed by atoms with Gasteiger partial charge in [0.2, 0.25) is 0 Å². The number of rotatable bonds is 5. The number of aliphatic carboxylic acids is 1. The minimum absolute atomic E-state index is 0.0324. The van der Waals surface area contributed by atoms with E-state index in [1.54, 1.807) is 0 Å². The Bertz CT molecular complexity index is 180. The molecule has 0 heterocycles. The number of thioether (sulfide) groups is 1. The lowest BCUT2D eigenvalue weighted by atomic mass is 10.3. The summed E-state index contributed by atoms with van der Waals surface area (Å²) in [4.78, 5) is 13.9. The fourth-order valence-electron chi connectivity index (χ4n) is 0.544. The van der Waals surface area contributed by atoms with Gasteiger partial charge in [0.05, 0.1) is 12.3 Å². The minimum Gasteiger partial charge on any atom is -0.481 e. The molecule has 5 N–H and O–H groups in total. The number of carboxylic acids is 1. The SMILES string of the molecule is CC(CC(=O)O)SCN=C(N)N. The van der Waals surface area contributed by atoms with Gasteiger partial charge in [0.1, 0.15) is 0 Å². The smallest absolute Gasteiger partial charge is 0.304 e. The summed E-state index contributed by atoms with van der Waals surface area (Å²) in [5.41, 5.74) is 10.2. The van der Waals surface area contributed by atoms with E-state index in [1.807, 2.05) is 6.92 Å². The molecule has 0 aromatic heterocycles. The van der Waals surface area contributed by atoms with E-state index in [0.717, 1.165) is 0 Å². The Labute approximate surface area is 75.2 Å². The molecule has 0 fully saturated rings. The van der Waals surface area contributed by atoms with E-state index in [2.05, 4.69) is 4.99 Å². The first-order chi connectivity index (χ1) is 5.52. The second-order valence-electron chi connectivity index (χ2n) is 2.29. The van der Waals surface area contributed by atoms with Gasteiger partial charge in [-0.25, -0.2) is 4.99 Å². The maximum absolute atomic E-state index is 10.2. The molecule has 0 radical (unpaired) electrons. The molecule has 0 aliphatic heterocycles. The standard InChI is InChI=1S/C6H13N3O2S/c1-4(2-5(10)11)12-3-9-6(7)8/h4H,2-3H2,1H3,(H,10,11)(H4,7,8,9). The molecule has 0 aliphatic rings. The molecule has 0 aliphatic carbocycles. The van der Waals surface area contributed by atoms with Crippen molar-refractivity contribution in [2.24, 2.45) is 16.5 Å². The monoisotopic (exact) mass is 191 g/mol. The molecule has 1 atom stereocenters. The Kier molecular flexibility index (Phi) is 5.27. The highest BCUT2D eigenvalue weighted by Gasteiger charge is 2.06. The number of hydrogen-bond acceptors (Lipinski definition) is 3. The van der Waals surface area contributed by atoms with Crippen molar-refractivity contribution in [2.45, 2.75) is 18.6 Å². The number of carboxylic acid groups (broad SMARTS) is 1. The first-order valence-electron chi connectivity index (χ1n) is 3.41. The van der Waals surface area contributed by atoms with Crippen LogP contribution in [0.2, 0.25) is 0 Å². The molecule has 0 aromatic rings. The maximum Gasteiger partial charge on any atom is 0.304 e. The van der Waals surface area contributed by atoms with Crippen molar-refractivity contribution in [1.29, 1.82) is 0 Å². The molecular weight excluding hydrogens is 178 g/mol. The summed E-state index contributed by atoms with van der Waals surface area (Å²) in [6.45, 7) is 1.82. The predicted octanol–water partition coefficient (Wildman–Crippen LogP) is -0.186. The highest BCUT2D eigenvalue weighted by molar-refractivity contribution is 7.99. The maximum atomic E-state index is 10.2. The number of aliphatic imine (C=N–C) groups is 1. The molecule has 0 saturated carbocycles. The number of nitrogens with two attached hydrogens (primary N) is 2. The van der Waals surface area contributed by atoms with Gasteiger partial charge in [-0.3, -0.25) is 4.79 Å². The second kappa shape index (κ2) is 5.70.